The van der Waals surface area contributed by atoms with Gasteiger partial charge in [0.05, 0.1) is 0 Å². The second-order valence-corrected chi connectivity index (χ2v) is 9.58. The number of carboxylic acid groups (broad SMARTS) is 1. The van der Waals surface area contributed by atoms with E-state index in [-0.39, 0.29) is 31.1 Å². The Balaban J connectivity index is 1.55. The summed E-state index contributed by atoms with van der Waals surface area (Å²) in [5, 5.41) is 12.4. The van der Waals surface area contributed by atoms with Crippen molar-refractivity contribution in [2.24, 2.45) is 0 Å². The van der Waals surface area contributed by atoms with E-state index >= 15 is 0 Å². The number of ether oxygens (including phenoxy) is 2. The first-order valence-corrected chi connectivity index (χ1v) is 12.7. The van der Waals surface area contributed by atoms with Crippen LogP contribution in [0.15, 0.2) is 66.7 Å². The minimum Gasteiger partial charge on any atom is -0.486 e. The SMILES string of the molecule is O=C(O)CCc1ccc(COc2cc(F)ccc2F)cc1C(=O)NC1(CCc2ccccc2)CCOCC1. The predicted octanol–water partition coefficient (Wildman–Crippen LogP) is 5.47. The van der Waals surface area contributed by atoms with Crippen molar-refractivity contribution in [1.82, 2.24) is 5.32 Å². The van der Waals surface area contributed by atoms with Crippen LogP contribution >= 0.6 is 0 Å². The molecular weight excluding hydrogens is 492 g/mol. The van der Waals surface area contributed by atoms with Crippen LogP contribution in [-0.2, 0) is 29.0 Å². The van der Waals surface area contributed by atoms with Crippen LogP contribution in [0.5, 0.6) is 5.75 Å². The first-order valence-electron chi connectivity index (χ1n) is 12.7. The molecule has 0 radical (unpaired) electrons. The molecule has 0 unspecified atom stereocenters. The van der Waals surface area contributed by atoms with E-state index in [2.05, 4.69) is 17.4 Å². The monoisotopic (exact) mass is 523 g/mol. The van der Waals surface area contributed by atoms with Gasteiger partial charge < -0.3 is 19.9 Å². The Bertz CT molecular complexity index is 1260. The van der Waals surface area contributed by atoms with E-state index in [9.17, 15) is 23.5 Å². The number of carboxylic acids is 1. The standard InChI is InChI=1S/C30H31F2NO5/c31-24-9-10-26(32)27(19-24)38-20-22-6-7-23(8-11-28(34)35)25(18-22)29(36)33-30(14-16-37-17-15-30)13-12-21-4-2-1-3-5-21/h1-7,9-10,18-19H,8,11-17,20H2,(H,33,36)(H,34,35). The fraction of sp³-hybridized carbons (Fsp3) is 0.333. The predicted molar refractivity (Wildman–Crippen MR) is 138 cm³/mol. The molecule has 1 fully saturated rings. The van der Waals surface area contributed by atoms with Crippen LogP contribution in [0.2, 0.25) is 0 Å². The van der Waals surface area contributed by atoms with Crippen molar-refractivity contribution in [1.29, 1.82) is 0 Å². The molecule has 38 heavy (non-hydrogen) atoms. The maximum atomic E-state index is 14.0. The van der Waals surface area contributed by atoms with Crippen LogP contribution in [0.4, 0.5) is 8.78 Å². The molecule has 3 aromatic carbocycles. The molecular formula is C30H31F2NO5. The second-order valence-electron chi connectivity index (χ2n) is 9.58. The summed E-state index contributed by atoms with van der Waals surface area (Å²) in [5.74, 6) is -2.81. The molecule has 0 aliphatic carbocycles. The van der Waals surface area contributed by atoms with Crippen LogP contribution in [0.3, 0.4) is 0 Å². The zero-order chi connectivity index (χ0) is 27.0. The summed E-state index contributed by atoms with van der Waals surface area (Å²) >= 11 is 0. The van der Waals surface area contributed by atoms with Crippen molar-refractivity contribution in [3.05, 3.63) is 101 Å². The van der Waals surface area contributed by atoms with E-state index < -0.39 is 23.1 Å². The summed E-state index contributed by atoms with van der Waals surface area (Å²) in [6.07, 6.45) is 2.91. The van der Waals surface area contributed by atoms with Gasteiger partial charge >= 0.3 is 5.97 Å². The van der Waals surface area contributed by atoms with Gasteiger partial charge in [0.25, 0.3) is 5.91 Å². The Kier molecular flexibility index (Phi) is 9.07. The molecule has 2 N–H and O–H groups in total. The maximum absolute atomic E-state index is 14.0. The highest BCUT2D eigenvalue weighted by Crippen LogP contribution is 2.28. The molecule has 0 atom stereocenters. The van der Waals surface area contributed by atoms with E-state index in [0.717, 1.165) is 31.0 Å². The summed E-state index contributed by atoms with van der Waals surface area (Å²) in [5.41, 5.74) is 2.22. The van der Waals surface area contributed by atoms with Gasteiger partial charge in [-0.05, 0) is 67.0 Å². The normalized spacial score (nSPS) is 14.6. The highest BCUT2D eigenvalue weighted by molar-refractivity contribution is 5.96. The zero-order valence-corrected chi connectivity index (χ0v) is 21.1. The number of hydrogen-bond acceptors (Lipinski definition) is 4. The minimum absolute atomic E-state index is 0.0904. The lowest BCUT2D eigenvalue weighted by atomic mass is 9.83. The lowest BCUT2D eigenvalue weighted by Gasteiger charge is -2.38. The average Bonchev–Trinajstić information content (AvgIpc) is 2.92. The molecule has 1 aliphatic heterocycles. The molecule has 1 heterocycles. The van der Waals surface area contributed by atoms with E-state index in [4.69, 9.17) is 9.47 Å². The highest BCUT2D eigenvalue weighted by atomic mass is 19.1. The Labute approximate surface area is 220 Å². The van der Waals surface area contributed by atoms with E-state index in [1.54, 1.807) is 18.2 Å². The van der Waals surface area contributed by atoms with Crippen molar-refractivity contribution >= 4 is 11.9 Å². The fourth-order valence-electron chi connectivity index (χ4n) is 4.67. The number of rotatable bonds is 11. The quantitative estimate of drug-likeness (QED) is 0.348. The smallest absolute Gasteiger partial charge is 0.303 e. The van der Waals surface area contributed by atoms with E-state index in [1.807, 2.05) is 18.2 Å². The molecule has 200 valence electrons. The number of carbonyl (C=O) groups excluding carboxylic acids is 1. The van der Waals surface area contributed by atoms with Gasteiger partial charge in [0, 0.05) is 36.8 Å². The summed E-state index contributed by atoms with van der Waals surface area (Å²) in [6.45, 7) is 0.981. The fourth-order valence-corrected chi connectivity index (χ4v) is 4.67. The Hall–Kier alpha value is -3.78. The van der Waals surface area contributed by atoms with Gasteiger partial charge in [-0.2, -0.15) is 0 Å². The average molecular weight is 524 g/mol. The van der Waals surface area contributed by atoms with Gasteiger partial charge in [-0.25, -0.2) is 8.78 Å². The molecule has 0 aromatic heterocycles. The number of halogens is 2. The number of hydrogen-bond donors (Lipinski definition) is 2. The van der Waals surface area contributed by atoms with Crippen molar-refractivity contribution in [3.8, 4) is 5.75 Å². The second kappa shape index (κ2) is 12.6. The number of nitrogens with one attached hydrogen (secondary N) is 1. The van der Waals surface area contributed by atoms with Crippen LogP contribution in [-0.4, -0.2) is 35.7 Å². The summed E-state index contributed by atoms with van der Waals surface area (Å²) < 4.78 is 38.6. The number of aryl methyl sites for hydroxylation is 2. The first kappa shape index (κ1) is 27.3. The molecule has 4 rings (SSSR count). The highest BCUT2D eigenvalue weighted by Gasteiger charge is 2.34. The Morgan fingerprint density at radius 3 is 2.45 bits per heavy atom. The molecule has 0 bridgehead atoms. The number of benzene rings is 3. The van der Waals surface area contributed by atoms with Gasteiger partial charge in [-0.1, -0.05) is 42.5 Å². The van der Waals surface area contributed by atoms with Crippen LogP contribution in [0.1, 0.15) is 52.7 Å². The third kappa shape index (κ3) is 7.38. The van der Waals surface area contributed by atoms with Gasteiger partial charge in [-0.15, -0.1) is 0 Å². The van der Waals surface area contributed by atoms with Crippen LogP contribution in [0, 0.1) is 11.6 Å². The van der Waals surface area contributed by atoms with Crippen LogP contribution < -0.4 is 10.1 Å². The van der Waals surface area contributed by atoms with Crippen molar-refractivity contribution in [2.75, 3.05) is 13.2 Å². The third-order valence-corrected chi connectivity index (χ3v) is 6.88. The van der Waals surface area contributed by atoms with Crippen molar-refractivity contribution < 1.29 is 33.0 Å². The Morgan fingerprint density at radius 1 is 0.947 bits per heavy atom. The molecule has 0 spiro atoms. The van der Waals surface area contributed by atoms with E-state index in [1.165, 1.54) is 5.56 Å². The Morgan fingerprint density at radius 2 is 1.71 bits per heavy atom. The zero-order valence-electron chi connectivity index (χ0n) is 21.1. The summed E-state index contributed by atoms with van der Waals surface area (Å²) in [6, 6.07) is 18.0. The van der Waals surface area contributed by atoms with Gasteiger partial charge in [0.2, 0.25) is 0 Å². The number of carbonyl (C=O) groups is 2. The number of aliphatic carboxylic acids is 1. The molecule has 1 aliphatic rings. The molecule has 0 saturated carbocycles. The van der Waals surface area contributed by atoms with Crippen molar-refractivity contribution in [2.45, 2.75) is 50.7 Å². The molecule has 6 nitrogen and oxygen atoms in total. The van der Waals surface area contributed by atoms with Crippen LogP contribution in [0.25, 0.3) is 0 Å². The van der Waals surface area contributed by atoms with Gasteiger partial charge in [0.1, 0.15) is 12.4 Å². The summed E-state index contributed by atoms with van der Waals surface area (Å²) in [4.78, 5) is 24.9. The number of amides is 1. The largest absolute Gasteiger partial charge is 0.486 e. The lowest BCUT2D eigenvalue weighted by molar-refractivity contribution is -0.136. The first-order chi connectivity index (χ1) is 18.3. The maximum Gasteiger partial charge on any atom is 0.303 e. The summed E-state index contributed by atoms with van der Waals surface area (Å²) in [7, 11) is 0. The molecule has 1 amide bonds. The third-order valence-electron chi connectivity index (χ3n) is 6.88. The van der Waals surface area contributed by atoms with Gasteiger partial charge in [0.15, 0.2) is 11.6 Å². The molecule has 3 aromatic rings. The van der Waals surface area contributed by atoms with Crippen molar-refractivity contribution in [3.63, 3.8) is 0 Å². The topological polar surface area (TPSA) is 84.9 Å². The molecule has 1 saturated heterocycles. The minimum atomic E-state index is -0.964. The van der Waals surface area contributed by atoms with E-state index in [0.29, 0.717) is 42.7 Å². The molecule has 8 heteroatoms. The lowest BCUT2D eigenvalue weighted by Crippen LogP contribution is -2.52. The van der Waals surface area contributed by atoms with Gasteiger partial charge in [-0.3, -0.25) is 9.59 Å².